The van der Waals surface area contributed by atoms with Gasteiger partial charge in [-0.1, -0.05) is 44.2 Å². The number of halogens is 1. The summed E-state index contributed by atoms with van der Waals surface area (Å²) < 4.78 is 6.19. The molecule has 23 heavy (non-hydrogen) atoms. The minimum atomic E-state index is -0.402. The van der Waals surface area contributed by atoms with Crippen molar-refractivity contribution < 1.29 is 9.53 Å². The molecule has 0 radical (unpaired) electrons. The summed E-state index contributed by atoms with van der Waals surface area (Å²) in [5.41, 5.74) is 1.50. The summed E-state index contributed by atoms with van der Waals surface area (Å²) in [6, 6.07) is 13.5. The molecule has 1 aromatic heterocycles. The van der Waals surface area contributed by atoms with E-state index in [4.69, 9.17) is 4.74 Å². The normalized spacial score (nSPS) is 14.2. The van der Waals surface area contributed by atoms with Crippen molar-refractivity contribution in [3.05, 3.63) is 64.4 Å². The topological polar surface area (TPSA) is 51.2 Å². The molecule has 0 unspecified atom stereocenters. The van der Waals surface area contributed by atoms with Gasteiger partial charge in [-0.15, -0.1) is 0 Å². The van der Waals surface area contributed by atoms with Crippen molar-refractivity contribution >= 4 is 22.0 Å². The van der Waals surface area contributed by atoms with E-state index in [9.17, 15) is 4.79 Å². The van der Waals surface area contributed by atoms with Crippen LogP contribution in [0, 0.1) is 0 Å². The highest BCUT2D eigenvalue weighted by Crippen LogP contribution is 2.44. The lowest BCUT2D eigenvalue weighted by Gasteiger charge is -2.16. The fourth-order valence-electron chi connectivity index (χ4n) is 2.18. The summed E-state index contributed by atoms with van der Waals surface area (Å²) in [5, 5.41) is 2.93. The fraction of sp³-hybridized carbons (Fsp3) is 0.333. The lowest BCUT2D eigenvalue weighted by molar-refractivity contribution is 0.134. The number of pyridine rings is 1. The van der Waals surface area contributed by atoms with Gasteiger partial charge in [0.1, 0.15) is 6.61 Å². The molecule has 1 aromatic carbocycles. The molecular formula is C18H21BrN2O2. The van der Waals surface area contributed by atoms with Gasteiger partial charge in [-0.3, -0.25) is 4.98 Å². The standard InChI is InChI=1S/C16H15BrN2O2.C2H6/c17-13-6-7-14(18-10-13)16(8-9-16)19-15(20)21-11-12-4-2-1-3-5-12;1-2/h1-7,10H,8-9,11H2,(H,19,20);1-2H3. The quantitative estimate of drug-likeness (QED) is 0.834. The Morgan fingerprint density at radius 2 is 1.91 bits per heavy atom. The smallest absolute Gasteiger partial charge is 0.408 e. The number of rotatable bonds is 4. The number of alkyl carbamates (subject to hydrolysis) is 1. The lowest BCUT2D eigenvalue weighted by Crippen LogP contribution is -2.35. The maximum atomic E-state index is 11.9. The van der Waals surface area contributed by atoms with E-state index in [1.54, 1.807) is 6.20 Å². The molecule has 5 heteroatoms. The summed E-state index contributed by atoms with van der Waals surface area (Å²) in [4.78, 5) is 16.3. The van der Waals surface area contributed by atoms with E-state index < -0.39 is 6.09 Å². The van der Waals surface area contributed by atoms with Crippen molar-refractivity contribution in [3.63, 3.8) is 0 Å². The fourth-order valence-corrected chi connectivity index (χ4v) is 2.42. The third-order valence-electron chi connectivity index (χ3n) is 3.52. The van der Waals surface area contributed by atoms with Crippen LogP contribution >= 0.6 is 15.9 Å². The third kappa shape index (κ3) is 4.79. The average Bonchev–Trinajstić information content (AvgIpc) is 3.37. The molecule has 0 atom stereocenters. The molecule has 1 saturated carbocycles. The predicted octanol–water partition coefficient (Wildman–Crippen LogP) is 4.79. The molecule has 0 spiro atoms. The van der Waals surface area contributed by atoms with E-state index in [-0.39, 0.29) is 12.1 Å². The second kappa shape index (κ2) is 8.11. The molecule has 0 bridgehead atoms. The Morgan fingerprint density at radius 1 is 1.22 bits per heavy atom. The summed E-state index contributed by atoms with van der Waals surface area (Å²) >= 11 is 3.36. The summed E-state index contributed by atoms with van der Waals surface area (Å²) in [7, 11) is 0. The monoisotopic (exact) mass is 376 g/mol. The van der Waals surface area contributed by atoms with Crippen LogP contribution in [-0.4, -0.2) is 11.1 Å². The summed E-state index contributed by atoms with van der Waals surface area (Å²) in [6.45, 7) is 4.27. The van der Waals surface area contributed by atoms with Gasteiger partial charge in [0.15, 0.2) is 0 Å². The zero-order valence-electron chi connectivity index (χ0n) is 13.4. The van der Waals surface area contributed by atoms with Crippen molar-refractivity contribution in [2.75, 3.05) is 0 Å². The third-order valence-corrected chi connectivity index (χ3v) is 3.99. The lowest BCUT2D eigenvalue weighted by atomic mass is 10.1. The second-order valence-electron chi connectivity index (χ2n) is 5.13. The Balaban J connectivity index is 0.000000924. The summed E-state index contributed by atoms with van der Waals surface area (Å²) in [6.07, 6.45) is 3.12. The SMILES string of the molecule is CC.O=C(NC1(c2ccc(Br)cn2)CC1)OCc1ccccc1. The van der Waals surface area contributed by atoms with Crippen molar-refractivity contribution in [1.82, 2.24) is 10.3 Å². The van der Waals surface area contributed by atoms with Crippen LogP contribution in [0.2, 0.25) is 0 Å². The van der Waals surface area contributed by atoms with Crippen LogP contribution in [0.4, 0.5) is 4.79 Å². The van der Waals surface area contributed by atoms with Gasteiger partial charge in [-0.05, 0) is 46.5 Å². The Labute approximate surface area is 145 Å². The van der Waals surface area contributed by atoms with Gasteiger partial charge >= 0.3 is 6.09 Å². The first kappa shape index (κ1) is 17.5. The first-order valence-corrected chi connectivity index (χ1v) is 8.58. The van der Waals surface area contributed by atoms with Gasteiger partial charge in [0, 0.05) is 10.7 Å². The van der Waals surface area contributed by atoms with Gasteiger partial charge < -0.3 is 10.1 Å². The minimum absolute atomic E-state index is 0.274. The number of aromatic nitrogens is 1. The van der Waals surface area contributed by atoms with Gasteiger partial charge in [0.05, 0.1) is 11.2 Å². The highest BCUT2D eigenvalue weighted by molar-refractivity contribution is 9.10. The number of amides is 1. The van der Waals surface area contributed by atoms with Crippen LogP contribution in [0.3, 0.4) is 0 Å². The number of hydrogen-bond donors (Lipinski definition) is 1. The van der Waals surface area contributed by atoms with Gasteiger partial charge in [-0.2, -0.15) is 0 Å². The Bertz CT molecular complexity index is 625. The van der Waals surface area contributed by atoms with Gasteiger partial charge in [0.25, 0.3) is 0 Å². The number of nitrogens with zero attached hydrogens (tertiary/aromatic N) is 1. The maximum Gasteiger partial charge on any atom is 0.408 e. The number of carbonyl (C=O) groups excluding carboxylic acids is 1. The van der Waals surface area contributed by atoms with E-state index in [2.05, 4.69) is 26.2 Å². The molecule has 1 heterocycles. The maximum absolute atomic E-state index is 11.9. The van der Waals surface area contributed by atoms with Crippen LogP contribution in [0.25, 0.3) is 0 Å². The second-order valence-corrected chi connectivity index (χ2v) is 6.05. The van der Waals surface area contributed by atoms with E-state index >= 15 is 0 Å². The highest BCUT2D eigenvalue weighted by atomic mass is 79.9. The number of nitrogens with one attached hydrogen (secondary N) is 1. The molecule has 4 nitrogen and oxygen atoms in total. The van der Waals surface area contributed by atoms with Gasteiger partial charge in [-0.25, -0.2) is 4.79 Å². The first-order valence-electron chi connectivity index (χ1n) is 7.79. The predicted molar refractivity (Wildman–Crippen MR) is 94.0 cm³/mol. The van der Waals surface area contributed by atoms with Crippen LogP contribution in [0.1, 0.15) is 37.9 Å². The molecule has 1 amide bonds. The Morgan fingerprint density at radius 3 is 2.48 bits per heavy atom. The molecule has 1 N–H and O–H groups in total. The van der Waals surface area contributed by atoms with Crippen molar-refractivity contribution in [2.45, 2.75) is 38.8 Å². The summed E-state index contributed by atoms with van der Waals surface area (Å²) in [5.74, 6) is 0. The molecule has 1 aliphatic rings. The van der Waals surface area contributed by atoms with E-state index in [0.29, 0.717) is 0 Å². The highest BCUT2D eigenvalue weighted by Gasteiger charge is 2.47. The molecular weight excluding hydrogens is 356 g/mol. The molecule has 2 aromatic rings. The first-order chi connectivity index (χ1) is 11.2. The van der Waals surface area contributed by atoms with Gasteiger partial charge in [0.2, 0.25) is 0 Å². The molecule has 1 fully saturated rings. The molecule has 0 aliphatic heterocycles. The van der Waals surface area contributed by atoms with Crippen molar-refractivity contribution in [1.29, 1.82) is 0 Å². The Kier molecular flexibility index (Phi) is 6.16. The van der Waals surface area contributed by atoms with E-state index in [0.717, 1.165) is 28.6 Å². The van der Waals surface area contributed by atoms with E-state index in [1.165, 1.54) is 0 Å². The Hall–Kier alpha value is -1.88. The number of benzene rings is 1. The number of ether oxygens (including phenoxy) is 1. The molecule has 0 saturated heterocycles. The average molecular weight is 377 g/mol. The minimum Gasteiger partial charge on any atom is -0.445 e. The van der Waals surface area contributed by atoms with Crippen LogP contribution < -0.4 is 5.32 Å². The van der Waals surface area contributed by atoms with Crippen LogP contribution in [0.5, 0.6) is 0 Å². The zero-order valence-corrected chi connectivity index (χ0v) is 15.0. The van der Waals surface area contributed by atoms with Crippen molar-refractivity contribution in [3.8, 4) is 0 Å². The number of hydrogen-bond acceptors (Lipinski definition) is 3. The number of carbonyl (C=O) groups is 1. The van der Waals surface area contributed by atoms with Crippen molar-refractivity contribution in [2.24, 2.45) is 0 Å². The zero-order chi connectivity index (χ0) is 16.7. The molecule has 122 valence electrons. The van der Waals surface area contributed by atoms with E-state index in [1.807, 2.05) is 56.3 Å². The molecule has 3 rings (SSSR count). The van der Waals surface area contributed by atoms with Crippen LogP contribution in [-0.2, 0) is 16.9 Å². The largest absolute Gasteiger partial charge is 0.445 e. The van der Waals surface area contributed by atoms with Crippen LogP contribution in [0.15, 0.2) is 53.1 Å². The molecule has 1 aliphatic carbocycles.